The van der Waals surface area contributed by atoms with Crippen LogP contribution in [0.4, 0.5) is 20.2 Å². The molecule has 2 aromatic rings. The number of nitriles is 1. The number of nitrogens with zero attached hydrogens (tertiary/aromatic N) is 1. The Morgan fingerprint density at radius 3 is 2.61 bits per heavy atom. The third-order valence-electron chi connectivity index (χ3n) is 2.32. The number of rotatable bonds is 2. The monoisotopic (exact) mass is 308 g/mol. The molecule has 0 unspecified atom stereocenters. The first-order valence-electron chi connectivity index (χ1n) is 5.02. The van der Waals surface area contributed by atoms with Crippen LogP contribution in [0.3, 0.4) is 0 Å². The maximum absolute atomic E-state index is 13.4. The third-order valence-corrected chi connectivity index (χ3v) is 3.01. The quantitative estimate of drug-likeness (QED) is 0.895. The molecule has 5 heteroatoms. The van der Waals surface area contributed by atoms with Crippen LogP contribution < -0.4 is 5.32 Å². The molecule has 1 N–H and O–H groups in total. The number of hydrogen-bond acceptors (Lipinski definition) is 2. The Hall–Kier alpha value is -1.93. The second-order valence-corrected chi connectivity index (χ2v) is 4.38. The lowest BCUT2D eigenvalue weighted by Gasteiger charge is -2.10. The molecule has 0 heterocycles. The Balaban J connectivity index is 2.44. The number of hydrogen-bond donors (Lipinski definition) is 1. The van der Waals surface area contributed by atoms with Crippen LogP contribution >= 0.6 is 15.9 Å². The van der Waals surface area contributed by atoms with Gasteiger partial charge in [-0.2, -0.15) is 5.26 Å². The van der Waals surface area contributed by atoms with E-state index in [9.17, 15) is 8.78 Å². The van der Waals surface area contributed by atoms with Gasteiger partial charge in [-0.25, -0.2) is 8.78 Å². The van der Waals surface area contributed by atoms with Crippen molar-refractivity contribution in [2.45, 2.75) is 0 Å². The Morgan fingerprint density at radius 2 is 1.89 bits per heavy atom. The van der Waals surface area contributed by atoms with E-state index >= 15 is 0 Å². The molecule has 0 saturated carbocycles. The van der Waals surface area contributed by atoms with Gasteiger partial charge in [0.15, 0.2) is 0 Å². The summed E-state index contributed by atoms with van der Waals surface area (Å²) in [5.41, 5.74) is 0.620. The van der Waals surface area contributed by atoms with Crippen molar-refractivity contribution < 1.29 is 8.78 Å². The van der Waals surface area contributed by atoms with Crippen molar-refractivity contribution >= 4 is 27.3 Å². The van der Waals surface area contributed by atoms with Crippen LogP contribution in [0.2, 0.25) is 0 Å². The van der Waals surface area contributed by atoms with Crippen molar-refractivity contribution in [1.29, 1.82) is 5.26 Å². The van der Waals surface area contributed by atoms with Crippen LogP contribution in [0.5, 0.6) is 0 Å². The molecule has 0 saturated heterocycles. The smallest absolute Gasteiger partial charge is 0.143 e. The Labute approximate surface area is 111 Å². The summed E-state index contributed by atoms with van der Waals surface area (Å²) in [7, 11) is 0. The van der Waals surface area contributed by atoms with Gasteiger partial charge in [-0.3, -0.25) is 0 Å². The summed E-state index contributed by atoms with van der Waals surface area (Å²) in [5, 5.41) is 11.7. The summed E-state index contributed by atoms with van der Waals surface area (Å²) >= 11 is 3.25. The predicted octanol–water partition coefficient (Wildman–Crippen LogP) is 4.34. The van der Waals surface area contributed by atoms with E-state index < -0.39 is 11.6 Å². The van der Waals surface area contributed by atoms with Gasteiger partial charge < -0.3 is 5.32 Å². The van der Waals surface area contributed by atoms with Crippen LogP contribution in [0, 0.1) is 23.0 Å². The zero-order chi connectivity index (χ0) is 13.1. The summed E-state index contributed by atoms with van der Waals surface area (Å²) in [6, 6.07) is 10.1. The maximum atomic E-state index is 13.4. The van der Waals surface area contributed by atoms with Gasteiger partial charge >= 0.3 is 0 Å². The molecule has 0 aliphatic heterocycles. The molecule has 0 fully saturated rings. The number of benzene rings is 2. The average molecular weight is 309 g/mol. The van der Waals surface area contributed by atoms with E-state index in [0.29, 0.717) is 15.8 Å². The van der Waals surface area contributed by atoms with Crippen LogP contribution in [-0.2, 0) is 0 Å². The first-order valence-corrected chi connectivity index (χ1v) is 5.82. The molecule has 90 valence electrons. The van der Waals surface area contributed by atoms with Crippen molar-refractivity contribution in [1.82, 2.24) is 0 Å². The van der Waals surface area contributed by atoms with Crippen LogP contribution in [0.25, 0.3) is 0 Å². The summed E-state index contributed by atoms with van der Waals surface area (Å²) in [5.74, 6) is -1.04. The van der Waals surface area contributed by atoms with Crippen LogP contribution in [-0.4, -0.2) is 0 Å². The first-order chi connectivity index (χ1) is 8.61. The number of nitrogens with one attached hydrogen (secondary N) is 1. The highest BCUT2D eigenvalue weighted by Gasteiger charge is 2.09. The minimum Gasteiger partial charge on any atom is -0.353 e. The topological polar surface area (TPSA) is 35.8 Å². The van der Waals surface area contributed by atoms with Gasteiger partial charge in [0.1, 0.15) is 23.3 Å². The van der Waals surface area contributed by atoms with Crippen molar-refractivity contribution in [2.24, 2.45) is 0 Å². The molecule has 2 rings (SSSR count). The fourth-order valence-corrected chi connectivity index (χ4v) is 1.83. The summed E-state index contributed by atoms with van der Waals surface area (Å²) in [6.45, 7) is 0. The molecule has 0 spiro atoms. The van der Waals surface area contributed by atoms with Crippen molar-refractivity contribution in [2.75, 3.05) is 5.32 Å². The van der Waals surface area contributed by atoms with Crippen molar-refractivity contribution in [3.05, 3.63) is 58.1 Å². The molecular weight excluding hydrogens is 302 g/mol. The highest BCUT2D eigenvalue weighted by atomic mass is 79.9. The normalized spacial score (nSPS) is 9.89. The van der Waals surface area contributed by atoms with Gasteiger partial charge in [0.2, 0.25) is 0 Å². The maximum Gasteiger partial charge on any atom is 0.143 e. The molecule has 2 aromatic carbocycles. The summed E-state index contributed by atoms with van der Waals surface area (Å²) < 4.78 is 27.1. The molecule has 0 aromatic heterocycles. The van der Waals surface area contributed by atoms with Crippen molar-refractivity contribution in [3.8, 4) is 6.07 Å². The van der Waals surface area contributed by atoms with Gasteiger partial charge in [-0.05, 0) is 46.3 Å². The zero-order valence-electron chi connectivity index (χ0n) is 9.05. The van der Waals surface area contributed by atoms with Crippen molar-refractivity contribution in [3.63, 3.8) is 0 Å². The molecule has 18 heavy (non-hydrogen) atoms. The molecule has 0 atom stereocenters. The van der Waals surface area contributed by atoms with E-state index in [1.54, 1.807) is 12.1 Å². The van der Waals surface area contributed by atoms with Gasteiger partial charge in [0.25, 0.3) is 0 Å². The second kappa shape index (κ2) is 5.15. The molecule has 0 aliphatic carbocycles. The highest BCUT2D eigenvalue weighted by molar-refractivity contribution is 9.10. The molecular formula is C13H7BrF2N2. The van der Waals surface area contributed by atoms with E-state index in [-0.39, 0.29) is 5.56 Å². The molecule has 2 nitrogen and oxygen atoms in total. The Bertz CT molecular complexity index is 635. The molecule has 0 aliphatic rings. The highest BCUT2D eigenvalue weighted by Crippen LogP contribution is 2.28. The second-order valence-electron chi connectivity index (χ2n) is 3.52. The summed E-state index contributed by atoms with van der Waals surface area (Å²) in [6.07, 6.45) is 0. The molecule has 0 amide bonds. The number of anilines is 2. The van der Waals surface area contributed by atoms with Gasteiger partial charge in [0.05, 0.1) is 11.4 Å². The lowest BCUT2D eigenvalue weighted by Crippen LogP contribution is -1.97. The lowest BCUT2D eigenvalue weighted by molar-refractivity contribution is 0.624. The molecule has 0 bridgehead atoms. The van der Waals surface area contributed by atoms with E-state index in [1.807, 2.05) is 0 Å². The summed E-state index contributed by atoms with van der Waals surface area (Å²) in [4.78, 5) is 0. The Kier molecular flexibility index (Phi) is 3.58. The van der Waals surface area contributed by atoms with E-state index in [2.05, 4.69) is 21.2 Å². The zero-order valence-corrected chi connectivity index (χ0v) is 10.6. The minimum atomic E-state index is -0.616. The average Bonchev–Trinajstić information content (AvgIpc) is 2.34. The van der Waals surface area contributed by atoms with Crippen LogP contribution in [0.15, 0.2) is 40.9 Å². The standard InChI is InChI=1S/C13H7BrF2N2/c14-10-5-4-8(15)6-13(10)18-12-3-1-2-11(16)9(12)7-17/h1-6,18H. The third kappa shape index (κ3) is 2.49. The lowest BCUT2D eigenvalue weighted by atomic mass is 10.1. The number of halogens is 3. The predicted molar refractivity (Wildman–Crippen MR) is 68.5 cm³/mol. The fraction of sp³-hybridized carbons (Fsp3) is 0. The van der Waals surface area contributed by atoms with Gasteiger partial charge in [-0.15, -0.1) is 0 Å². The minimum absolute atomic E-state index is 0.103. The van der Waals surface area contributed by atoms with E-state index in [0.717, 1.165) is 0 Å². The first kappa shape index (κ1) is 12.5. The largest absolute Gasteiger partial charge is 0.353 e. The van der Waals surface area contributed by atoms with E-state index in [1.165, 1.54) is 30.3 Å². The molecule has 0 radical (unpaired) electrons. The SMILES string of the molecule is N#Cc1c(F)cccc1Nc1cc(F)ccc1Br. The Morgan fingerprint density at radius 1 is 1.11 bits per heavy atom. The van der Waals surface area contributed by atoms with E-state index in [4.69, 9.17) is 5.26 Å². The van der Waals surface area contributed by atoms with Gasteiger partial charge in [0, 0.05) is 4.47 Å². The fourth-order valence-electron chi connectivity index (χ4n) is 1.48. The van der Waals surface area contributed by atoms with Crippen LogP contribution in [0.1, 0.15) is 5.56 Å². The van der Waals surface area contributed by atoms with Gasteiger partial charge in [-0.1, -0.05) is 6.07 Å².